The number of carbonyl (C=O) groups is 2. The number of aliphatic hydroxyl groups is 1. The smallest absolute Gasteiger partial charge is 0.326 e. The Kier molecular flexibility index (Phi) is 8.41. The maximum absolute atomic E-state index is 11.8. The summed E-state index contributed by atoms with van der Waals surface area (Å²) in [4.78, 5) is 22.8. The number of rotatable bonds is 9. The van der Waals surface area contributed by atoms with Gasteiger partial charge in [-0.3, -0.25) is 4.79 Å². The Morgan fingerprint density at radius 2 is 1.60 bits per heavy atom. The first-order valence-corrected chi connectivity index (χ1v) is 7.09. The van der Waals surface area contributed by atoms with Crippen LogP contribution in [0.15, 0.2) is 0 Å². The lowest BCUT2D eigenvalue weighted by Crippen LogP contribution is -2.45. The highest BCUT2D eigenvalue weighted by Gasteiger charge is 2.24. The molecule has 6 heteroatoms. The Morgan fingerprint density at radius 3 is 2.00 bits per heavy atom. The zero-order chi connectivity index (χ0) is 15.9. The van der Waals surface area contributed by atoms with Crippen LogP contribution in [0.4, 0.5) is 0 Å². The van der Waals surface area contributed by atoms with Crippen LogP contribution in [0.1, 0.15) is 47.0 Å². The standard InChI is InChI=1S/C14H28N2O4/c1-8(2)5-10(15)12(17)7-13(18)16-11(14(19)20)6-9(3)4/h8-12,17H,5-7,15H2,1-4H3,(H,16,18)(H,19,20)/t10-,11-,12-/m0/s1. The molecule has 0 bridgehead atoms. The fourth-order valence-electron chi connectivity index (χ4n) is 1.99. The first-order valence-electron chi connectivity index (χ1n) is 7.09. The molecule has 0 aromatic rings. The van der Waals surface area contributed by atoms with Crippen LogP contribution in [0.25, 0.3) is 0 Å². The van der Waals surface area contributed by atoms with E-state index >= 15 is 0 Å². The third-order valence-electron chi connectivity index (χ3n) is 2.97. The third-order valence-corrected chi connectivity index (χ3v) is 2.97. The summed E-state index contributed by atoms with van der Waals surface area (Å²) >= 11 is 0. The molecule has 0 heterocycles. The highest BCUT2D eigenvalue weighted by atomic mass is 16.4. The molecular formula is C14H28N2O4. The average Bonchev–Trinajstić information content (AvgIpc) is 2.25. The zero-order valence-corrected chi connectivity index (χ0v) is 12.8. The number of aliphatic carboxylic acids is 1. The second-order valence-electron chi connectivity index (χ2n) is 6.15. The summed E-state index contributed by atoms with van der Waals surface area (Å²) in [6, 6.07) is -1.40. The van der Waals surface area contributed by atoms with E-state index in [9.17, 15) is 14.7 Å². The molecule has 20 heavy (non-hydrogen) atoms. The maximum Gasteiger partial charge on any atom is 0.326 e. The van der Waals surface area contributed by atoms with Crippen molar-refractivity contribution in [2.45, 2.75) is 65.1 Å². The van der Waals surface area contributed by atoms with Crippen LogP contribution in [0.2, 0.25) is 0 Å². The Balaban J connectivity index is 4.34. The molecule has 1 amide bonds. The summed E-state index contributed by atoms with van der Waals surface area (Å²) in [5.74, 6) is -1.06. The number of amides is 1. The summed E-state index contributed by atoms with van der Waals surface area (Å²) in [5, 5.41) is 21.3. The third kappa shape index (κ3) is 8.12. The van der Waals surface area contributed by atoms with E-state index in [0.717, 1.165) is 0 Å². The minimum absolute atomic E-state index is 0.157. The Morgan fingerprint density at radius 1 is 1.10 bits per heavy atom. The SMILES string of the molecule is CC(C)C[C@H](NC(=O)C[C@H](O)[C@@H](N)CC(C)C)C(=O)O. The molecule has 0 rings (SSSR count). The predicted molar refractivity (Wildman–Crippen MR) is 77.1 cm³/mol. The molecule has 0 spiro atoms. The molecular weight excluding hydrogens is 260 g/mol. The molecule has 0 aromatic heterocycles. The first-order chi connectivity index (χ1) is 9.13. The van der Waals surface area contributed by atoms with Gasteiger partial charge in [-0.15, -0.1) is 0 Å². The number of nitrogens with two attached hydrogens (primary N) is 1. The van der Waals surface area contributed by atoms with Crippen molar-refractivity contribution in [3.8, 4) is 0 Å². The van der Waals surface area contributed by atoms with Crippen LogP contribution < -0.4 is 11.1 Å². The van der Waals surface area contributed by atoms with Crippen molar-refractivity contribution in [1.82, 2.24) is 5.32 Å². The van der Waals surface area contributed by atoms with Gasteiger partial charge < -0.3 is 21.3 Å². The fourth-order valence-corrected chi connectivity index (χ4v) is 1.99. The van der Waals surface area contributed by atoms with Gasteiger partial charge in [0.1, 0.15) is 6.04 Å². The number of nitrogens with one attached hydrogen (secondary N) is 1. The van der Waals surface area contributed by atoms with Crippen molar-refractivity contribution in [1.29, 1.82) is 0 Å². The van der Waals surface area contributed by atoms with Gasteiger partial charge in [0.15, 0.2) is 0 Å². The average molecular weight is 288 g/mol. The summed E-state index contributed by atoms with van der Waals surface area (Å²) in [5.41, 5.74) is 5.79. The molecule has 6 nitrogen and oxygen atoms in total. The van der Waals surface area contributed by atoms with Gasteiger partial charge in [0.25, 0.3) is 0 Å². The van der Waals surface area contributed by atoms with Gasteiger partial charge in [-0.25, -0.2) is 4.79 Å². The number of carbonyl (C=O) groups excluding carboxylic acids is 1. The van der Waals surface area contributed by atoms with Crippen molar-refractivity contribution in [3.63, 3.8) is 0 Å². The van der Waals surface area contributed by atoms with Crippen LogP contribution >= 0.6 is 0 Å². The van der Waals surface area contributed by atoms with E-state index in [-0.39, 0.29) is 12.3 Å². The van der Waals surface area contributed by atoms with Gasteiger partial charge in [-0.05, 0) is 24.7 Å². The molecule has 0 aromatic carbocycles. The lowest BCUT2D eigenvalue weighted by atomic mass is 9.97. The maximum atomic E-state index is 11.8. The van der Waals surface area contributed by atoms with Crippen LogP contribution in [0.3, 0.4) is 0 Å². The summed E-state index contributed by atoms with van der Waals surface area (Å²) in [6.45, 7) is 7.73. The van der Waals surface area contributed by atoms with Crippen LogP contribution in [0, 0.1) is 11.8 Å². The molecule has 0 radical (unpaired) electrons. The zero-order valence-electron chi connectivity index (χ0n) is 12.8. The van der Waals surface area contributed by atoms with Gasteiger partial charge in [0.2, 0.25) is 5.91 Å². The minimum atomic E-state index is -1.06. The van der Waals surface area contributed by atoms with Gasteiger partial charge in [0.05, 0.1) is 12.5 Å². The number of hydrogen-bond acceptors (Lipinski definition) is 4. The second kappa shape index (κ2) is 8.92. The molecule has 0 aliphatic rings. The monoisotopic (exact) mass is 288 g/mol. The van der Waals surface area contributed by atoms with Crippen molar-refractivity contribution >= 4 is 11.9 Å². The largest absolute Gasteiger partial charge is 0.480 e. The number of carboxylic acid groups (broad SMARTS) is 1. The van der Waals surface area contributed by atoms with E-state index in [1.165, 1.54) is 0 Å². The lowest BCUT2D eigenvalue weighted by Gasteiger charge is -2.22. The molecule has 0 unspecified atom stereocenters. The number of hydrogen-bond donors (Lipinski definition) is 4. The summed E-state index contributed by atoms with van der Waals surface area (Å²) < 4.78 is 0. The fraction of sp³-hybridized carbons (Fsp3) is 0.857. The molecule has 118 valence electrons. The molecule has 0 fully saturated rings. The molecule has 3 atom stereocenters. The summed E-state index contributed by atoms with van der Waals surface area (Å²) in [6.07, 6.45) is -0.153. The van der Waals surface area contributed by atoms with E-state index < -0.39 is 30.1 Å². The van der Waals surface area contributed by atoms with Gasteiger partial charge >= 0.3 is 5.97 Å². The highest BCUT2D eigenvalue weighted by molar-refractivity contribution is 5.83. The minimum Gasteiger partial charge on any atom is -0.480 e. The Labute approximate surface area is 120 Å². The molecule has 0 saturated carbocycles. The number of carboxylic acids is 1. The normalized spacial score (nSPS) is 16.0. The highest BCUT2D eigenvalue weighted by Crippen LogP contribution is 2.10. The van der Waals surface area contributed by atoms with E-state index in [2.05, 4.69) is 5.32 Å². The van der Waals surface area contributed by atoms with Crippen molar-refractivity contribution in [2.75, 3.05) is 0 Å². The van der Waals surface area contributed by atoms with Crippen molar-refractivity contribution < 1.29 is 19.8 Å². The second-order valence-corrected chi connectivity index (χ2v) is 6.15. The summed E-state index contributed by atoms with van der Waals surface area (Å²) in [7, 11) is 0. The van der Waals surface area contributed by atoms with Crippen LogP contribution in [-0.2, 0) is 9.59 Å². The van der Waals surface area contributed by atoms with E-state index in [1.807, 2.05) is 27.7 Å². The topological polar surface area (TPSA) is 113 Å². The predicted octanol–water partition coefficient (Wildman–Crippen LogP) is 0.726. The van der Waals surface area contributed by atoms with Crippen molar-refractivity contribution in [3.05, 3.63) is 0 Å². The lowest BCUT2D eigenvalue weighted by molar-refractivity contribution is -0.142. The quantitative estimate of drug-likeness (QED) is 0.499. The molecule has 0 saturated heterocycles. The van der Waals surface area contributed by atoms with Crippen molar-refractivity contribution in [2.24, 2.45) is 17.6 Å². The number of aliphatic hydroxyl groups excluding tert-OH is 1. The van der Waals surface area contributed by atoms with E-state index in [0.29, 0.717) is 18.8 Å². The Bertz CT molecular complexity index is 318. The Hall–Kier alpha value is -1.14. The molecule has 5 N–H and O–H groups in total. The van der Waals surface area contributed by atoms with Gasteiger partial charge in [-0.2, -0.15) is 0 Å². The van der Waals surface area contributed by atoms with Crippen LogP contribution in [-0.4, -0.2) is 40.3 Å². The van der Waals surface area contributed by atoms with Crippen LogP contribution in [0.5, 0.6) is 0 Å². The molecule has 0 aliphatic carbocycles. The molecule has 0 aliphatic heterocycles. The van der Waals surface area contributed by atoms with E-state index in [1.54, 1.807) is 0 Å². The van der Waals surface area contributed by atoms with Gasteiger partial charge in [-0.1, -0.05) is 27.7 Å². The first kappa shape index (κ1) is 18.9. The van der Waals surface area contributed by atoms with Gasteiger partial charge in [0, 0.05) is 6.04 Å². The van der Waals surface area contributed by atoms with E-state index in [4.69, 9.17) is 10.8 Å².